The van der Waals surface area contributed by atoms with Crippen LogP contribution in [0.3, 0.4) is 0 Å². The topological polar surface area (TPSA) is 41.1 Å². The van der Waals surface area contributed by atoms with Gasteiger partial charge in [0.25, 0.3) is 0 Å². The lowest BCUT2D eigenvalue weighted by molar-refractivity contribution is -0.120. The Labute approximate surface area is 79.9 Å². The summed E-state index contributed by atoms with van der Waals surface area (Å²) >= 11 is 0. The highest BCUT2D eigenvalue weighted by atomic mass is 16.1. The number of nitrogens with one attached hydrogen (secondary N) is 2. The van der Waals surface area contributed by atoms with Gasteiger partial charge >= 0.3 is 0 Å². The summed E-state index contributed by atoms with van der Waals surface area (Å²) in [7, 11) is 1.64. The van der Waals surface area contributed by atoms with Gasteiger partial charge < -0.3 is 10.6 Å². The normalized spacial score (nSPS) is 10.8. The zero-order chi connectivity index (χ0) is 10.1. The van der Waals surface area contributed by atoms with E-state index in [2.05, 4.69) is 24.1 Å². The van der Waals surface area contributed by atoms with E-state index in [1.807, 2.05) is 6.08 Å². The molecule has 0 rings (SSSR count). The number of hydrogen-bond donors (Lipinski definition) is 2. The van der Waals surface area contributed by atoms with Gasteiger partial charge in [-0.15, -0.1) is 0 Å². The number of allylic oxidation sites excluding steroid dienone is 3. The van der Waals surface area contributed by atoms with Crippen LogP contribution < -0.4 is 10.6 Å². The van der Waals surface area contributed by atoms with Crippen LogP contribution in [0.15, 0.2) is 24.4 Å². The zero-order valence-electron chi connectivity index (χ0n) is 8.39. The van der Waals surface area contributed by atoms with Crippen LogP contribution in [0.2, 0.25) is 0 Å². The summed E-state index contributed by atoms with van der Waals surface area (Å²) in [5, 5.41) is 5.73. The second kappa shape index (κ2) is 7.40. The van der Waals surface area contributed by atoms with Crippen molar-refractivity contribution in [1.29, 1.82) is 0 Å². The van der Waals surface area contributed by atoms with Crippen molar-refractivity contribution < 1.29 is 4.79 Å². The molecule has 0 aliphatic rings. The lowest BCUT2D eigenvalue weighted by Crippen LogP contribution is -2.24. The van der Waals surface area contributed by atoms with Crippen LogP contribution >= 0.6 is 0 Å². The Morgan fingerprint density at radius 1 is 1.54 bits per heavy atom. The molecule has 0 saturated heterocycles. The zero-order valence-corrected chi connectivity index (χ0v) is 8.39. The summed E-state index contributed by atoms with van der Waals surface area (Å²) < 4.78 is 0. The van der Waals surface area contributed by atoms with Gasteiger partial charge in [0, 0.05) is 25.7 Å². The average Bonchev–Trinajstić information content (AvgIpc) is 2.16. The minimum absolute atomic E-state index is 0.0570. The summed E-state index contributed by atoms with van der Waals surface area (Å²) in [6, 6.07) is 0. The van der Waals surface area contributed by atoms with Gasteiger partial charge in [0.15, 0.2) is 0 Å². The second-order valence-corrected chi connectivity index (χ2v) is 2.63. The maximum Gasteiger partial charge on any atom is 0.221 e. The molecular weight excluding hydrogens is 164 g/mol. The van der Waals surface area contributed by atoms with Crippen LogP contribution in [0.5, 0.6) is 0 Å². The molecule has 3 nitrogen and oxygen atoms in total. The minimum atomic E-state index is 0.0570. The van der Waals surface area contributed by atoms with Gasteiger partial charge in [0.05, 0.1) is 0 Å². The molecule has 3 heteroatoms. The van der Waals surface area contributed by atoms with Gasteiger partial charge in [0.1, 0.15) is 0 Å². The van der Waals surface area contributed by atoms with Crippen molar-refractivity contribution in [3.63, 3.8) is 0 Å². The molecule has 0 spiro atoms. The monoisotopic (exact) mass is 182 g/mol. The van der Waals surface area contributed by atoms with Gasteiger partial charge in [-0.25, -0.2) is 0 Å². The molecule has 0 unspecified atom stereocenters. The number of amides is 1. The highest BCUT2D eigenvalue weighted by molar-refractivity contribution is 5.75. The Balaban J connectivity index is 3.67. The van der Waals surface area contributed by atoms with Crippen LogP contribution in [0.25, 0.3) is 0 Å². The Bertz CT molecular complexity index is 197. The lowest BCUT2D eigenvalue weighted by Gasteiger charge is -2.07. The van der Waals surface area contributed by atoms with Crippen molar-refractivity contribution in [2.75, 3.05) is 13.6 Å². The van der Waals surface area contributed by atoms with Gasteiger partial charge in [-0.3, -0.25) is 4.79 Å². The predicted octanol–water partition coefficient (Wildman–Crippen LogP) is 1.19. The standard InChI is InChI=1S/C10H18N2O/c1-4-6-9(5-2)12-8-7-10(13)11-3/h4,6,12H,1,5,7-8H2,2-3H3,(H,11,13)/b9-6+. The molecular formula is C10H18N2O. The van der Waals surface area contributed by atoms with Crippen molar-refractivity contribution >= 4 is 5.91 Å². The number of carbonyl (C=O) groups excluding carboxylic acids is 1. The molecule has 0 aliphatic carbocycles. The molecule has 2 N–H and O–H groups in total. The molecule has 0 aromatic heterocycles. The van der Waals surface area contributed by atoms with E-state index in [-0.39, 0.29) is 5.91 Å². The number of carbonyl (C=O) groups is 1. The molecule has 1 amide bonds. The van der Waals surface area contributed by atoms with Crippen LogP contribution in [0.4, 0.5) is 0 Å². The van der Waals surface area contributed by atoms with Gasteiger partial charge in [0.2, 0.25) is 5.91 Å². The fourth-order valence-corrected chi connectivity index (χ4v) is 0.906. The fraction of sp³-hybridized carbons (Fsp3) is 0.500. The Hall–Kier alpha value is -1.25. The maximum atomic E-state index is 10.8. The van der Waals surface area contributed by atoms with Crippen LogP contribution in [0.1, 0.15) is 19.8 Å². The summed E-state index contributed by atoms with van der Waals surface area (Å²) in [4.78, 5) is 10.8. The molecule has 0 aromatic carbocycles. The number of rotatable bonds is 6. The first-order valence-corrected chi connectivity index (χ1v) is 4.50. The van der Waals surface area contributed by atoms with Crippen LogP contribution in [-0.2, 0) is 4.79 Å². The predicted molar refractivity (Wildman–Crippen MR) is 55.3 cm³/mol. The van der Waals surface area contributed by atoms with Gasteiger partial charge in [-0.2, -0.15) is 0 Å². The summed E-state index contributed by atoms with van der Waals surface area (Å²) in [6.07, 6.45) is 5.10. The SMILES string of the molecule is C=C/C=C(\CC)NCCC(=O)NC. The average molecular weight is 182 g/mol. The van der Waals surface area contributed by atoms with Crippen molar-refractivity contribution in [3.05, 3.63) is 24.4 Å². The lowest BCUT2D eigenvalue weighted by atomic mass is 10.3. The van der Waals surface area contributed by atoms with E-state index >= 15 is 0 Å². The van der Waals surface area contributed by atoms with E-state index < -0.39 is 0 Å². The molecule has 13 heavy (non-hydrogen) atoms. The van der Waals surface area contributed by atoms with Gasteiger partial charge in [-0.05, 0) is 12.5 Å². The van der Waals surface area contributed by atoms with E-state index in [0.717, 1.165) is 12.1 Å². The molecule has 0 bridgehead atoms. The molecule has 0 saturated carbocycles. The molecule has 0 atom stereocenters. The third-order valence-corrected chi connectivity index (χ3v) is 1.68. The van der Waals surface area contributed by atoms with E-state index in [4.69, 9.17) is 0 Å². The summed E-state index contributed by atoms with van der Waals surface area (Å²) in [6.45, 7) is 6.34. The first-order valence-electron chi connectivity index (χ1n) is 4.50. The third-order valence-electron chi connectivity index (χ3n) is 1.68. The van der Waals surface area contributed by atoms with Crippen molar-refractivity contribution in [1.82, 2.24) is 10.6 Å². The van der Waals surface area contributed by atoms with Crippen molar-refractivity contribution in [2.24, 2.45) is 0 Å². The van der Waals surface area contributed by atoms with Crippen molar-refractivity contribution in [3.8, 4) is 0 Å². The van der Waals surface area contributed by atoms with E-state index in [0.29, 0.717) is 13.0 Å². The largest absolute Gasteiger partial charge is 0.388 e. The Morgan fingerprint density at radius 2 is 2.23 bits per heavy atom. The van der Waals surface area contributed by atoms with Gasteiger partial charge in [-0.1, -0.05) is 19.6 Å². The quantitative estimate of drug-likeness (QED) is 0.606. The first-order chi connectivity index (χ1) is 6.24. The molecule has 0 aromatic rings. The third kappa shape index (κ3) is 5.96. The Kier molecular flexibility index (Phi) is 6.69. The highest BCUT2D eigenvalue weighted by Gasteiger charge is 1.97. The molecule has 0 fully saturated rings. The van der Waals surface area contributed by atoms with Crippen LogP contribution in [-0.4, -0.2) is 19.5 Å². The summed E-state index contributed by atoms with van der Waals surface area (Å²) in [5.41, 5.74) is 1.11. The number of hydrogen-bond acceptors (Lipinski definition) is 2. The fourth-order valence-electron chi connectivity index (χ4n) is 0.906. The molecule has 0 aliphatic heterocycles. The molecule has 0 heterocycles. The Morgan fingerprint density at radius 3 is 2.69 bits per heavy atom. The molecule has 0 radical (unpaired) electrons. The van der Waals surface area contributed by atoms with Crippen LogP contribution in [0, 0.1) is 0 Å². The second-order valence-electron chi connectivity index (χ2n) is 2.63. The minimum Gasteiger partial charge on any atom is -0.388 e. The maximum absolute atomic E-state index is 10.8. The van der Waals surface area contributed by atoms with E-state index in [1.54, 1.807) is 13.1 Å². The van der Waals surface area contributed by atoms with E-state index in [9.17, 15) is 4.79 Å². The highest BCUT2D eigenvalue weighted by Crippen LogP contribution is 1.95. The first kappa shape index (κ1) is 11.8. The smallest absolute Gasteiger partial charge is 0.221 e. The van der Waals surface area contributed by atoms with Crippen molar-refractivity contribution in [2.45, 2.75) is 19.8 Å². The molecule has 74 valence electrons. The summed E-state index contributed by atoms with van der Waals surface area (Å²) in [5.74, 6) is 0.0570. The van der Waals surface area contributed by atoms with E-state index in [1.165, 1.54) is 0 Å².